The van der Waals surface area contributed by atoms with Crippen LogP contribution >= 0.6 is 0 Å². The summed E-state index contributed by atoms with van der Waals surface area (Å²) in [4.78, 5) is 21.7. The van der Waals surface area contributed by atoms with Crippen molar-refractivity contribution < 1.29 is 4.79 Å². The summed E-state index contributed by atoms with van der Waals surface area (Å²) in [5, 5.41) is 0. The van der Waals surface area contributed by atoms with Gasteiger partial charge < -0.3 is 4.90 Å². The summed E-state index contributed by atoms with van der Waals surface area (Å²) in [6, 6.07) is 14.3. The maximum Gasteiger partial charge on any atom is 0.229 e. The highest BCUT2D eigenvalue weighted by Gasteiger charge is 2.37. The van der Waals surface area contributed by atoms with Crippen molar-refractivity contribution in [3.05, 3.63) is 66.0 Å². The molecule has 2 fully saturated rings. The Kier molecular flexibility index (Phi) is 5.24. The van der Waals surface area contributed by atoms with Gasteiger partial charge in [-0.15, -0.1) is 0 Å². The van der Waals surface area contributed by atoms with E-state index in [9.17, 15) is 4.79 Å². The Labute approximate surface area is 154 Å². The van der Waals surface area contributed by atoms with Crippen molar-refractivity contribution >= 4 is 5.91 Å². The molecule has 4 rings (SSSR count). The zero-order chi connectivity index (χ0) is 17.8. The molecule has 6 heteroatoms. The van der Waals surface area contributed by atoms with Crippen LogP contribution in [0.3, 0.4) is 0 Å². The van der Waals surface area contributed by atoms with E-state index in [0.29, 0.717) is 6.54 Å². The van der Waals surface area contributed by atoms with Gasteiger partial charge in [-0.25, -0.2) is 5.43 Å². The molecule has 2 atom stereocenters. The van der Waals surface area contributed by atoms with Crippen LogP contribution in [0.15, 0.2) is 54.9 Å². The van der Waals surface area contributed by atoms with Crippen LogP contribution in [0.2, 0.25) is 0 Å². The first-order valence-electron chi connectivity index (χ1n) is 9.24. The molecule has 1 amide bonds. The van der Waals surface area contributed by atoms with Crippen molar-refractivity contribution in [3.63, 3.8) is 0 Å². The number of amides is 1. The molecule has 2 N–H and O–H groups in total. The molecule has 1 aromatic heterocycles. The molecule has 2 saturated heterocycles. The van der Waals surface area contributed by atoms with Crippen LogP contribution < -0.4 is 10.9 Å². The van der Waals surface area contributed by atoms with Crippen LogP contribution in [0, 0.1) is 5.92 Å². The molecule has 2 unspecified atom stereocenters. The van der Waals surface area contributed by atoms with Crippen molar-refractivity contribution in [3.8, 4) is 0 Å². The van der Waals surface area contributed by atoms with Crippen LogP contribution in [-0.2, 0) is 11.3 Å². The summed E-state index contributed by atoms with van der Waals surface area (Å²) < 4.78 is 0. The lowest BCUT2D eigenvalue weighted by atomic mass is 9.93. The number of carbonyl (C=O) groups is 1. The van der Waals surface area contributed by atoms with E-state index >= 15 is 0 Å². The number of benzene rings is 1. The van der Waals surface area contributed by atoms with Gasteiger partial charge in [0.25, 0.3) is 0 Å². The second-order valence-electron chi connectivity index (χ2n) is 6.98. The topological polar surface area (TPSA) is 60.5 Å². The third kappa shape index (κ3) is 3.77. The molecule has 6 nitrogen and oxygen atoms in total. The van der Waals surface area contributed by atoms with E-state index in [0.717, 1.165) is 38.3 Å². The van der Waals surface area contributed by atoms with Crippen LogP contribution in [0.4, 0.5) is 0 Å². The summed E-state index contributed by atoms with van der Waals surface area (Å²) in [6.45, 7) is 4.96. The van der Waals surface area contributed by atoms with Crippen molar-refractivity contribution in [2.45, 2.75) is 12.6 Å². The first-order chi connectivity index (χ1) is 12.8. The Morgan fingerprint density at radius 1 is 1.08 bits per heavy atom. The van der Waals surface area contributed by atoms with Gasteiger partial charge in [-0.1, -0.05) is 36.4 Å². The minimum Gasteiger partial charge on any atom is -0.340 e. The van der Waals surface area contributed by atoms with E-state index in [1.807, 2.05) is 35.4 Å². The monoisotopic (exact) mass is 351 g/mol. The average Bonchev–Trinajstić information content (AvgIpc) is 3.19. The summed E-state index contributed by atoms with van der Waals surface area (Å²) in [7, 11) is 0. The van der Waals surface area contributed by atoms with Crippen LogP contribution in [0.1, 0.15) is 17.2 Å². The predicted molar refractivity (Wildman–Crippen MR) is 99.9 cm³/mol. The fraction of sp³-hybridized carbons (Fsp3) is 0.400. The standard InChI is InChI=1S/C20H25N5O/c26-20(18-14-22-23-19(18)17-6-2-1-3-7-17)25-11-9-24(10-12-25)15-16-5-4-8-21-13-16/h1-8,13,18-19,22-23H,9-12,14-15H2. The minimum atomic E-state index is -0.0535. The number of hydrazine groups is 1. The fourth-order valence-electron chi connectivity index (χ4n) is 3.81. The van der Waals surface area contributed by atoms with Crippen LogP contribution in [0.25, 0.3) is 0 Å². The highest BCUT2D eigenvalue weighted by Crippen LogP contribution is 2.26. The summed E-state index contributed by atoms with van der Waals surface area (Å²) in [6.07, 6.45) is 3.71. The lowest BCUT2D eigenvalue weighted by Gasteiger charge is -2.36. The van der Waals surface area contributed by atoms with Gasteiger partial charge in [-0.05, 0) is 17.2 Å². The minimum absolute atomic E-state index is 0.0390. The fourth-order valence-corrected chi connectivity index (χ4v) is 3.81. The Bertz CT molecular complexity index is 715. The second kappa shape index (κ2) is 7.95. The van der Waals surface area contributed by atoms with E-state index in [2.05, 4.69) is 38.9 Å². The predicted octanol–water partition coefficient (Wildman–Crippen LogP) is 1.19. The molecule has 3 heterocycles. The maximum atomic E-state index is 13.1. The highest BCUT2D eigenvalue weighted by molar-refractivity contribution is 5.80. The van der Waals surface area contributed by atoms with Crippen molar-refractivity contribution in [1.82, 2.24) is 25.6 Å². The summed E-state index contributed by atoms with van der Waals surface area (Å²) in [5.74, 6) is 0.194. The highest BCUT2D eigenvalue weighted by atomic mass is 16.2. The molecule has 2 aromatic rings. The van der Waals surface area contributed by atoms with E-state index < -0.39 is 0 Å². The number of nitrogens with one attached hydrogen (secondary N) is 2. The molecule has 136 valence electrons. The first kappa shape index (κ1) is 17.1. The summed E-state index contributed by atoms with van der Waals surface area (Å²) >= 11 is 0. The van der Waals surface area contributed by atoms with Crippen molar-refractivity contribution in [2.24, 2.45) is 5.92 Å². The van der Waals surface area contributed by atoms with Gasteiger partial charge in [0.1, 0.15) is 0 Å². The molecule has 0 bridgehead atoms. The van der Waals surface area contributed by atoms with Gasteiger partial charge in [0.2, 0.25) is 5.91 Å². The molecular formula is C20H25N5O. The normalized spacial score (nSPS) is 23.9. The number of rotatable bonds is 4. The van der Waals surface area contributed by atoms with Gasteiger partial charge in [0, 0.05) is 51.7 Å². The molecule has 0 radical (unpaired) electrons. The van der Waals surface area contributed by atoms with E-state index in [1.165, 1.54) is 5.56 Å². The zero-order valence-electron chi connectivity index (χ0n) is 14.8. The maximum absolute atomic E-state index is 13.1. The lowest BCUT2D eigenvalue weighted by molar-refractivity contribution is -0.137. The third-order valence-corrected chi connectivity index (χ3v) is 5.27. The molecule has 2 aliphatic heterocycles. The Balaban J connectivity index is 1.34. The lowest BCUT2D eigenvalue weighted by Crippen LogP contribution is -2.50. The van der Waals surface area contributed by atoms with Gasteiger partial charge in [0.05, 0.1) is 12.0 Å². The van der Waals surface area contributed by atoms with E-state index in [1.54, 1.807) is 6.20 Å². The van der Waals surface area contributed by atoms with Gasteiger partial charge >= 0.3 is 0 Å². The molecule has 0 spiro atoms. The van der Waals surface area contributed by atoms with Crippen LogP contribution in [0.5, 0.6) is 0 Å². The second-order valence-corrected chi connectivity index (χ2v) is 6.98. The van der Waals surface area contributed by atoms with Crippen molar-refractivity contribution in [2.75, 3.05) is 32.7 Å². The van der Waals surface area contributed by atoms with Gasteiger partial charge in [0.15, 0.2) is 0 Å². The first-order valence-corrected chi connectivity index (χ1v) is 9.24. The Morgan fingerprint density at radius 3 is 2.62 bits per heavy atom. The number of nitrogens with zero attached hydrogens (tertiary/aromatic N) is 3. The largest absolute Gasteiger partial charge is 0.340 e. The Morgan fingerprint density at radius 2 is 1.88 bits per heavy atom. The SMILES string of the molecule is O=C(C1CNNC1c1ccccc1)N1CCN(Cc2cccnc2)CC1. The number of pyridine rings is 1. The van der Waals surface area contributed by atoms with Crippen LogP contribution in [-0.4, -0.2) is 53.4 Å². The van der Waals surface area contributed by atoms with E-state index in [-0.39, 0.29) is 17.9 Å². The molecule has 2 aliphatic rings. The number of hydrogen-bond donors (Lipinski definition) is 2. The number of piperazine rings is 1. The smallest absolute Gasteiger partial charge is 0.229 e. The zero-order valence-corrected chi connectivity index (χ0v) is 14.8. The molecule has 1 aromatic carbocycles. The molecule has 0 aliphatic carbocycles. The molecule has 26 heavy (non-hydrogen) atoms. The van der Waals surface area contributed by atoms with Crippen molar-refractivity contribution in [1.29, 1.82) is 0 Å². The number of aromatic nitrogens is 1. The molecule has 0 saturated carbocycles. The quantitative estimate of drug-likeness (QED) is 0.867. The van der Waals surface area contributed by atoms with E-state index in [4.69, 9.17) is 0 Å². The van der Waals surface area contributed by atoms with Gasteiger partial charge in [-0.2, -0.15) is 0 Å². The summed E-state index contributed by atoms with van der Waals surface area (Å²) in [5.41, 5.74) is 8.82. The molecular weight excluding hydrogens is 326 g/mol. The van der Waals surface area contributed by atoms with Gasteiger partial charge in [-0.3, -0.25) is 20.1 Å². The number of hydrogen-bond acceptors (Lipinski definition) is 5. The third-order valence-electron chi connectivity index (χ3n) is 5.27. The average molecular weight is 351 g/mol. The number of carbonyl (C=O) groups excluding carboxylic acids is 1. The Hall–Kier alpha value is -2.28.